The minimum absolute atomic E-state index is 0.0706. The molecule has 2 heterocycles. The van der Waals surface area contributed by atoms with Crippen LogP contribution in [0.3, 0.4) is 0 Å². The standard InChI is InChI=1S/C13H19N3O2S/c1-2-5-14-11-3-4-12(15-10-11)13(17)16-6-8-19(18)9-7-16/h3-4,10,14H,2,5-9H2,1H3. The Morgan fingerprint density at radius 1 is 1.42 bits per heavy atom. The molecule has 104 valence electrons. The van der Waals surface area contributed by atoms with Crippen LogP contribution in [0.2, 0.25) is 0 Å². The summed E-state index contributed by atoms with van der Waals surface area (Å²) in [5.74, 6) is 1.07. The highest BCUT2D eigenvalue weighted by molar-refractivity contribution is 7.85. The zero-order valence-corrected chi connectivity index (χ0v) is 11.9. The molecule has 0 saturated carbocycles. The summed E-state index contributed by atoms with van der Waals surface area (Å²) in [6.45, 7) is 4.11. The molecule has 0 bridgehead atoms. The van der Waals surface area contributed by atoms with Crippen LogP contribution in [0.4, 0.5) is 5.69 Å². The normalized spacial score (nSPS) is 16.4. The van der Waals surface area contributed by atoms with Crippen LogP contribution in [0.5, 0.6) is 0 Å². The van der Waals surface area contributed by atoms with Crippen LogP contribution in [0.25, 0.3) is 0 Å². The molecule has 0 spiro atoms. The van der Waals surface area contributed by atoms with Gasteiger partial charge in [-0.15, -0.1) is 0 Å². The molecule has 5 nitrogen and oxygen atoms in total. The number of rotatable bonds is 4. The lowest BCUT2D eigenvalue weighted by atomic mass is 10.3. The van der Waals surface area contributed by atoms with Gasteiger partial charge in [-0.3, -0.25) is 9.00 Å². The van der Waals surface area contributed by atoms with Crippen molar-refractivity contribution in [3.8, 4) is 0 Å². The quantitative estimate of drug-likeness (QED) is 0.898. The monoisotopic (exact) mass is 281 g/mol. The van der Waals surface area contributed by atoms with E-state index in [9.17, 15) is 9.00 Å². The number of carbonyl (C=O) groups is 1. The maximum absolute atomic E-state index is 12.2. The lowest BCUT2D eigenvalue weighted by molar-refractivity contribution is 0.0765. The van der Waals surface area contributed by atoms with Crippen LogP contribution >= 0.6 is 0 Å². The highest BCUT2D eigenvalue weighted by Gasteiger charge is 2.21. The summed E-state index contributed by atoms with van der Waals surface area (Å²) < 4.78 is 11.3. The summed E-state index contributed by atoms with van der Waals surface area (Å²) >= 11 is 0. The molecule has 0 aromatic carbocycles. The molecule has 0 aliphatic carbocycles. The predicted octanol–water partition coefficient (Wildman–Crippen LogP) is 1.11. The van der Waals surface area contributed by atoms with Crippen LogP contribution in [0, 0.1) is 0 Å². The second kappa shape index (κ2) is 6.65. The summed E-state index contributed by atoms with van der Waals surface area (Å²) in [5, 5.41) is 3.22. The van der Waals surface area contributed by atoms with Gasteiger partial charge in [0.05, 0.1) is 11.9 Å². The Hall–Kier alpha value is -1.43. The molecular weight excluding hydrogens is 262 g/mol. The number of hydrogen-bond acceptors (Lipinski definition) is 4. The zero-order valence-electron chi connectivity index (χ0n) is 11.1. The van der Waals surface area contributed by atoms with Gasteiger partial charge in [0, 0.05) is 41.9 Å². The lowest BCUT2D eigenvalue weighted by Gasteiger charge is -2.25. The first kappa shape index (κ1) is 14.0. The van der Waals surface area contributed by atoms with E-state index in [1.165, 1.54) is 0 Å². The maximum Gasteiger partial charge on any atom is 0.272 e. The third-order valence-electron chi connectivity index (χ3n) is 3.03. The minimum Gasteiger partial charge on any atom is -0.384 e. The molecule has 0 radical (unpaired) electrons. The molecule has 1 saturated heterocycles. The Bertz CT molecular complexity index is 451. The molecule has 1 N–H and O–H groups in total. The number of hydrogen-bond donors (Lipinski definition) is 1. The van der Waals surface area contributed by atoms with Crippen molar-refractivity contribution in [2.45, 2.75) is 13.3 Å². The highest BCUT2D eigenvalue weighted by atomic mass is 32.2. The Morgan fingerprint density at radius 3 is 2.74 bits per heavy atom. The van der Waals surface area contributed by atoms with Gasteiger partial charge in [-0.05, 0) is 18.6 Å². The molecule has 1 aliphatic rings. The van der Waals surface area contributed by atoms with Crippen LogP contribution in [0.1, 0.15) is 23.8 Å². The SMILES string of the molecule is CCCNc1ccc(C(=O)N2CCS(=O)CC2)nc1. The molecule has 1 fully saturated rings. The molecule has 1 amide bonds. The highest BCUT2D eigenvalue weighted by Crippen LogP contribution is 2.10. The van der Waals surface area contributed by atoms with Gasteiger partial charge in [-0.2, -0.15) is 0 Å². The number of nitrogens with zero attached hydrogens (tertiary/aromatic N) is 2. The van der Waals surface area contributed by atoms with Gasteiger partial charge in [-0.1, -0.05) is 6.92 Å². The van der Waals surface area contributed by atoms with Crippen molar-refractivity contribution >= 4 is 22.4 Å². The third-order valence-corrected chi connectivity index (χ3v) is 4.30. The molecule has 1 aliphatic heterocycles. The van der Waals surface area contributed by atoms with Gasteiger partial charge in [-0.25, -0.2) is 4.98 Å². The third kappa shape index (κ3) is 3.76. The fourth-order valence-electron chi connectivity index (χ4n) is 1.90. The molecule has 0 atom stereocenters. The molecular formula is C13H19N3O2S. The summed E-state index contributed by atoms with van der Waals surface area (Å²) in [4.78, 5) is 18.1. The van der Waals surface area contributed by atoms with E-state index in [1.54, 1.807) is 17.2 Å². The van der Waals surface area contributed by atoms with Crippen molar-refractivity contribution in [1.29, 1.82) is 0 Å². The van der Waals surface area contributed by atoms with Crippen molar-refractivity contribution in [3.05, 3.63) is 24.0 Å². The van der Waals surface area contributed by atoms with Crippen molar-refractivity contribution in [2.24, 2.45) is 0 Å². The van der Waals surface area contributed by atoms with E-state index in [0.29, 0.717) is 30.3 Å². The Morgan fingerprint density at radius 2 is 2.16 bits per heavy atom. The van der Waals surface area contributed by atoms with E-state index >= 15 is 0 Å². The van der Waals surface area contributed by atoms with Crippen molar-refractivity contribution in [2.75, 3.05) is 36.5 Å². The van der Waals surface area contributed by atoms with E-state index in [0.717, 1.165) is 18.7 Å². The molecule has 6 heteroatoms. The van der Waals surface area contributed by atoms with Crippen LogP contribution in [0.15, 0.2) is 18.3 Å². The fourth-order valence-corrected chi connectivity index (χ4v) is 2.95. The van der Waals surface area contributed by atoms with Crippen LogP contribution in [-0.4, -0.2) is 51.1 Å². The summed E-state index contributed by atoms with van der Waals surface area (Å²) in [6, 6.07) is 3.61. The zero-order chi connectivity index (χ0) is 13.7. The van der Waals surface area contributed by atoms with Gasteiger partial charge >= 0.3 is 0 Å². The average Bonchev–Trinajstić information content (AvgIpc) is 2.46. The molecule has 1 aromatic heterocycles. The number of carbonyl (C=O) groups excluding carboxylic acids is 1. The van der Waals surface area contributed by atoms with Crippen molar-refractivity contribution < 1.29 is 9.00 Å². The van der Waals surface area contributed by atoms with Crippen molar-refractivity contribution in [3.63, 3.8) is 0 Å². The second-order valence-corrected chi connectivity index (χ2v) is 6.20. The number of pyridine rings is 1. The van der Waals surface area contributed by atoms with E-state index in [1.807, 2.05) is 6.07 Å². The van der Waals surface area contributed by atoms with E-state index < -0.39 is 10.8 Å². The van der Waals surface area contributed by atoms with Gasteiger partial charge < -0.3 is 10.2 Å². The molecule has 1 aromatic rings. The van der Waals surface area contributed by atoms with E-state index in [-0.39, 0.29) is 5.91 Å². The van der Waals surface area contributed by atoms with Crippen molar-refractivity contribution in [1.82, 2.24) is 9.88 Å². The Balaban J connectivity index is 1.97. The van der Waals surface area contributed by atoms with Gasteiger partial charge in [0.2, 0.25) is 0 Å². The summed E-state index contributed by atoms with van der Waals surface area (Å²) in [7, 11) is -0.766. The first-order chi connectivity index (χ1) is 9.20. The largest absolute Gasteiger partial charge is 0.384 e. The molecule has 0 unspecified atom stereocenters. The summed E-state index contributed by atoms with van der Waals surface area (Å²) in [6.07, 6.45) is 2.73. The molecule has 19 heavy (non-hydrogen) atoms. The number of aromatic nitrogens is 1. The smallest absolute Gasteiger partial charge is 0.272 e. The topological polar surface area (TPSA) is 62.3 Å². The van der Waals surface area contributed by atoms with E-state index in [2.05, 4.69) is 17.2 Å². The lowest BCUT2D eigenvalue weighted by Crippen LogP contribution is -2.42. The first-order valence-corrected chi connectivity index (χ1v) is 8.03. The Labute approximate surface area is 115 Å². The maximum atomic E-state index is 12.2. The van der Waals surface area contributed by atoms with Gasteiger partial charge in [0.25, 0.3) is 5.91 Å². The Kier molecular flexibility index (Phi) is 4.90. The molecule has 2 rings (SSSR count). The number of nitrogens with one attached hydrogen (secondary N) is 1. The number of amides is 1. The second-order valence-electron chi connectivity index (χ2n) is 4.50. The van der Waals surface area contributed by atoms with E-state index in [4.69, 9.17) is 0 Å². The fraction of sp³-hybridized carbons (Fsp3) is 0.538. The first-order valence-electron chi connectivity index (χ1n) is 6.55. The van der Waals surface area contributed by atoms with Gasteiger partial charge in [0.1, 0.15) is 5.69 Å². The van der Waals surface area contributed by atoms with Gasteiger partial charge in [0.15, 0.2) is 0 Å². The van der Waals surface area contributed by atoms with Crippen LogP contribution < -0.4 is 5.32 Å². The number of anilines is 1. The van der Waals surface area contributed by atoms with Crippen LogP contribution in [-0.2, 0) is 10.8 Å². The average molecular weight is 281 g/mol. The predicted molar refractivity (Wildman–Crippen MR) is 76.8 cm³/mol. The summed E-state index contributed by atoms with van der Waals surface area (Å²) in [5.41, 5.74) is 1.38. The minimum atomic E-state index is -0.766.